The molecular formula is C21H16Cl2FN5O. The highest BCUT2D eigenvalue weighted by Crippen LogP contribution is 2.24. The molecule has 0 aliphatic rings. The molecule has 0 aliphatic carbocycles. The minimum atomic E-state index is -0.401. The smallest absolute Gasteiger partial charge is 0.260 e. The Balaban J connectivity index is 1.53. The number of nitrogens with zero attached hydrogens (tertiary/aromatic N) is 4. The van der Waals surface area contributed by atoms with E-state index in [0.29, 0.717) is 28.6 Å². The number of rotatable bonds is 5. The van der Waals surface area contributed by atoms with Crippen LogP contribution in [0.1, 0.15) is 21.6 Å². The molecule has 0 saturated heterocycles. The number of benzene rings is 2. The third-order valence-corrected chi connectivity index (χ3v) is 5.18. The molecule has 2 aromatic carbocycles. The van der Waals surface area contributed by atoms with Gasteiger partial charge in [0.15, 0.2) is 0 Å². The number of nitrogens with one attached hydrogen (secondary N) is 1. The molecule has 4 aromatic rings. The van der Waals surface area contributed by atoms with Crippen LogP contribution in [-0.4, -0.2) is 25.5 Å². The lowest BCUT2D eigenvalue weighted by molar-refractivity contribution is 0.102. The number of carbonyl (C=O) groups is 1. The Bertz CT molecular complexity index is 1220. The molecule has 2 aromatic heterocycles. The lowest BCUT2D eigenvalue weighted by atomic mass is 10.2. The Hall–Kier alpha value is -3.16. The van der Waals surface area contributed by atoms with Crippen LogP contribution < -0.4 is 5.32 Å². The van der Waals surface area contributed by atoms with Crippen molar-refractivity contribution in [2.24, 2.45) is 0 Å². The van der Waals surface area contributed by atoms with Crippen LogP contribution in [0.2, 0.25) is 10.2 Å². The first-order valence-electron chi connectivity index (χ1n) is 9.00. The number of halogens is 3. The summed E-state index contributed by atoms with van der Waals surface area (Å²) in [5.41, 5.74) is 2.75. The molecule has 30 heavy (non-hydrogen) atoms. The average molecular weight is 444 g/mol. The number of hydrogen-bond acceptors (Lipinski definition) is 3. The SMILES string of the molecule is Cc1nn(Cc2ccc(F)cc2)c(Cl)c1C(=O)Nc1cnn(-c2ccccc2Cl)c1. The van der Waals surface area contributed by atoms with Crippen LogP contribution in [0.15, 0.2) is 60.9 Å². The standard InChI is InChI=1S/C21H16Cl2FN5O/c1-13-19(20(23)29(27-13)11-14-6-8-15(24)9-7-14)21(30)26-16-10-25-28(12-16)18-5-3-2-4-17(18)22/h2-10,12H,11H2,1H3,(H,26,30). The Morgan fingerprint density at radius 1 is 1.13 bits per heavy atom. The van der Waals surface area contributed by atoms with Gasteiger partial charge in [-0.25, -0.2) is 13.8 Å². The van der Waals surface area contributed by atoms with E-state index in [0.717, 1.165) is 5.56 Å². The highest BCUT2D eigenvalue weighted by molar-refractivity contribution is 6.33. The maximum absolute atomic E-state index is 13.1. The Labute approximate surface area is 181 Å². The molecule has 0 spiro atoms. The predicted octanol–water partition coefficient (Wildman–Crippen LogP) is 5.12. The molecule has 6 nitrogen and oxygen atoms in total. The number of para-hydroxylation sites is 1. The van der Waals surface area contributed by atoms with Crippen LogP contribution in [-0.2, 0) is 6.54 Å². The highest BCUT2D eigenvalue weighted by atomic mass is 35.5. The summed E-state index contributed by atoms with van der Waals surface area (Å²) in [6.45, 7) is 2.02. The van der Waals surface area contributed by atoms with Gasteiger partial charge in [0, 0.05) is 0 Å². The van der Waals surface area contributed by atoms with Gasteiger partial charge < -0.3 is 5.32 Å². The summed E-state index contributed by atoms with van der Waals surface area (Å²) in [6.07, 6.45) is 3.18. The first kappa shape index (κ1) is 20.1. The Morgan fingerprint density at radius 2 is 1.87 bits per heavy atom. The fourth-order valence-corrected chi connectivity index (χ4v) is 3.57. The molecule has 0 bridgehead atoms. The van der Waals surface area contributed by atoms with Crippen molar-refractivity contribution in [1.82, 2.24) is 19.6 Å². The van der Waals surface area contributed by atoms with E-state index >= 15 is 0 Å². The van der Waals surface area contributed by atoms with Crippen LogP contribution in [0.5, 0.6) is 0 Å². The quantitative estimate of drug-likeness (QED) is 0.465. The first-order valence-corrected chi connectivity index (χ1v) is 9.76. The van der Waals surface area contributed by atoms with E-state index in [2.05, 4.69) is 15.5 Å². The third-order valence-electron chi connectivity index (χ3n) is 4.48. The maximum Gasteiger partial charge on any atom is 0.260 e. The van der Waals surface area contributed by atoms with E-state index in [1.54, 1.807) is 36.0 Å². The van der Waals surface area contributed by atoms with Gasteiger partial charge in [0.2, 0.25) is 0 Å². The lowest BCUT2D eigenvalue weighted by Crippen LogP contribution is -2.13. The zero-order valence-electron chi connectivity index (χ0n) is 15.8. The number of hydrogen-bond donors (Lipinski definition) is 1. The van der Waals surface area contributed by atoms with E-state index in [-0.39, 0.29) is 16.5 Å². The van der Waals surface area contributed by atoms with Gasteiger partial charge in [-0.05, 0) is 36.8 Å². The van der Waals surface area contributed by atoms with Gasteiger partial charge in [-0.15, -0.1) is 0 Å². The normalized spacial score (nSPS) is 10.9. The molecule has 9 heteroatoms. The molecule has 1 N–H and O–H groups in total. The summed E-state index contributed by atoms with van der Waals surface area (Å²) in [5, 5.41) is 12.1. The Kier molecular flexibility index (Phi) is 5.57. The zero-order valence-corrected chi connectivity index (χ0v) is 17.3. The average Bonchev–Trinajstić information content (AvgIpc) is 3.28. The lowest BCUT2D eigenvalue weighted by Gasteiger charge is -2.05. The summed E-state index contributed by atoms with van der Waals surface area (Å²) in [7, 11) is 0. The second-order valence-electron chi connectivity index (χ2n) is 6.61. The van der Waals surface area contributed by atoms with E-state index in [9.17, 15) is 9.18 Å². The minimum Gasteiger partial charge on any atom is -0.319 e. The number of anilines is 1. The molecular weight excluding hydrogens is 428 g/mol. The van der Waals surface area contributed by atoms with Crippen molar-refractivity contribution in [3.63, 3.8) is 0 Å². The summed E-state index contributed by atoms with van der Waals surface area (Å²) in [6, 6.07) is 13.3. The first-order chi connectivity index (χ1) is 14.4. The molecule has 0 saturated carbocycles. The van der Waals surface area contributed by atoms with Gasteiger partial charge in [-0.3, -0.25) is 4.79 Å². The fourth-order valence-electron chi connectivity index (χ4n) is 3.03. The van der Waals surface area contributed by atoms with Crippen LogP contribution in [0.3, 0.4) is 0 Å². The van der Waals surface area contributed by atoms with Crippen LogP contribution in [0.4, 0.5) is 10.1 Å². The molecule has 4 rings (SSSR count). The zero-order chi connectivity index (χ0) is 21.3. The molecule has 0 fully saturated rings. The van der Waals surface area contributed by atoms with E-state index in [1.807, 2.05) is 18.2 Å². The highest BCUT2D eigenvalue weighted by Gasteiger charge is 2.21. The molecule has 0 aliphatic heterocycles. The van der Waals surface area contributed by atoms with Crippen molar-refractivity contribution in [3.05, 3.63) is 93.7 Å². The van der Waals surface area contributed by atoms with Crippen molar-refractivity contribution >= 4 is 34.8 Å². The van der Waals surface area contributed by atoms with Gasteiger partial charge >= 0.3 is 0 Å². The van der Waals surface area contributed by atoms with Crippen LogP contribution in [0, 0.1) is 12.7 Å². The summed E-state index contributed by atoms with van der Waals surface area (Å²) in [5.74, 6) is -0.722. The maximum atomic E-state index is 13.1. The van der Waals surface area contributed by atoms with Gasteiger partial charge in [-0.1, -0.05) is 47.5 Å². The largest absolute Gasteiger partial charge is 0.319 e. The van der Waals surface area contributed by atoms with E-state index in [4.69, 9.17) is 23.2 Å². The second-order valence-corrected chi connectivity index (χ2v) is 7.38. The topological polar surface area (TPSA) is 64.7 Å². The number of aromatic nitrogens is 4. The molecule has 152 valence electrons. The minimum absolute atomic E-state index is 0.202. The molecule has 0 radical (unpaired) electrons. The number of amides is 1. The van der Waals surface area contributed by atoms with Crippen molar-refractivity contribution in [2.45, 2.75) is 13.5 Å². The Morgan fingerprint density at radius 3 is 2.60 bits per heavy atom. The van der Waals surface area contributed by atoms with Gasteiger partial charge in [0.05, 0.1) is 46.6 Å². The van der Waals surface area contributed by atoms with Gasteiger partial charge in [0.25, 0.3) is 5.91 Å². The fraction of sp³-hybridized carbons (Fsp3) is 0.0952. The second kappa shape index (κ2) is 8.30. The van der Waals surface area contributed by atoms with Crippen molar-refractivity contribution in [2.75, 3.05) is 5.32 Å². The van der Waals surface area contributed by atoms with Crippen molar-refractivity contribution < 1.29 is 9.18 Å². The molecule has 0 atom stereocenters. The molecule has 1 amide bonds. The number of aryl methyl sites for hydroxylation is 1. The predicted molar refractivity (Wildman–Crippen MR) is 114 cm³/mol. The van der Waals surface area contributed by atoms with E-state index in [1.165, 1.54) is 23.0 Å². The van der Waals surface area contributed by atoms with Crippen LogP contribution >= 0.6 is 23.2 Å². The summed E-state index contributed by atoms with van der Waals surface area (Å²) >= 11 is 12.6. The summed E-state index contributed by atoms with van der Waals surface area (Å²) < 4.78 is 16.2. The molecule has 2 heterocycles. The molecule has 0 unspecified atom stereocenters. The van der Waals surface area contributed by atoms with Crippen molar-refractivity contribution in [1.29, 1.82) is 0 Å². The van der Waals surface area contributed by atoms with E-state index < -0.39 is 5.91 Å². The third kappa shape index (κ3) is 4.08. The monoisotopic (exact) mass is 443 g/mol. The van der Waals surface area contributed by atoms with Gasteiger partial charge in [-0.2, -0.15) is 10.2 Å². The van der Waals surface area contributed by atoms with Crippen LogP contribution in [0.25, 0.3) is 5.69 Å². The summed E-state index contributed by atoms with van der Waals surface area (Å²) in [4.78, 5) is 12.8. The van der Waals surface area contributed by atoms with Crippen molar-refractivity contribution in [3.8, 4) is 5.69 Å². The van der Waals surface area contributed by atoms with Gasteiger partial charge in [0.1, 0.15) is 11.0 Å². The number of carbonyl (C=O) groups excluding carboxylic acids is 1.